The normalized spacial score (nSPS) is 10.8. The van der Waals surface area contributed by atoms with E-state index in [1.54, 1.807) is 16.9 Å². The highest BCUT2D eigenvalue weighted by molar-refractivity contribution is 5.16. The number of aliphatic hydroxyl groups excluding tert-OH is 1. The number of halogens is 1. The highest BCUT2D eigenvalue weighted by atomic mass is 19.1. The number of benzene rings is 1. The molecule has 0 aliphatic carbocycles. The van der Waals surface area contributed by atoms with Crippen LogP contribution in [0.15, 0.2) is 36.7 Å². The third-order valence-corrected chi connectivity index (χ3v) is 2.56. The van der Waals surface area contributed by atoms with Crippen LogP contribution in [0.5, 0.6) is 0 Å². The summed E-state index contributed by atoms with van der Waals surface area (Å²) in [5.74, 6) is -0.218. The van der Waals surface area contributed by atoms with Gasteiger partial charge in [0.1, 0.15) is 5.82 Å². The molecular formula is C13H16FN3O. The minimum Gasteiger partial charge on any atom is -0.394 e. The van der Waals surface area contributed by atoms with Crippen molar-refractivity contribution in [1.29, 1.82) is 0 Å². The molecule has 1 aromatic carbocycles. The van der Waals surface area contributed by atoms with E-state index in [1.165, 1.54) is 12.1 Å². The van der Waals surface area contributed by atoms with Crippen LogP contribution in [0.3, 0.4) is 0 Å². The van der Waals surface area contributed by atoms with E-state index in [2.05, 4.69) is 10.4 Å². The number of hydrogen-bond donors (Lipinski definition) is 2. The summed E-state index contributed by atoms with van der Waals surface area (Å²) in [6.45, 7) is 1.87. The number of aromatic nitrogens is 2. The zero-order valence-corrected chi connectivity index (χ0v) is 10.0. The van der Waals surface area contributed by atoms with E-state index < -0.39 is 0 Å². The molecule has 0 bridgehead atoms. The molecule has 0 unspecified atom stereocenters. The lowest BCUT2D eigenvalue weighted by atomic mass is 10.2. The van der Waals surface area contributed by atoms with Gasteiger partial charge < -0.3 is 10.4 Å². The van der Waals surface area contributed by atoms with Crippen LogP contribution in [-0.2, 0) is 19.6 Å². The van der Waals surface area contributed by atoms with Crippen LogP contribution < -0.4 is 5.32 Å². The van der Waals surface area contributed by atoms with E-state index in [9.17, 15) is 4.39 Å². The van der Waals surface area contributed by atoms with Crippen molar-refractivity contribution < 1.29 is 9.50 Å². The van der Waals surface area contributed by atoms with E-state index in [4.69, 9.17) is 5.11 Å². The average molecular weight is 249 g/mol. The fourth-order valence-corrected chi connectivity index (χ4v) is 1.72. The van der Waals surface area contributed by atoms with E-state index in [0.717, 1.165) is 11.1 Å². The van der Waals surface area contributed by atoms with Crippen molar-refractivity contribution in [3.63, 3.8) is 0 Å². The smallest absolute Gasteiger partial charge is 0.123 e. The quantitative estimate of drug-likeness (QED) is 0.811. The molecule has 5 heteroatoms. The first-order valence-corrected chi connectivity index (χ1v) is 5.85. The molecule has 0 saturated carbocycles. The fourth-order valence-electron chi connectivity index (χ4n) is 1.72. The molecule has 2 N–H and O–H groups in total. The zero-order valence-electron chi connectivity index (χ0n) is 10.0. The summed E-state index contributed by atoms with van der Waals surface area (Å²) in [6.07, 6.45) is 3.64. The third kappa shape index (κ3) is 3.65. The summed E-state index contributed by atoms with van der Waals surface area (Å²) in [5, 5.41) is 16.1. The molecule has 0 spiro atoms. The molecule has 1 aromatic heterocycles. The maximum absolute atomic E-state index is 12.9. The predicted molar refractivity (Wildman–Crippen MR) is 66.3 cm³/mol. The molecule has 0 aliphatic heterocycles. The molecular weight excluding hydrogens is 233 g/mol. The van der Waals surface area contributed by atoms with Gasteiger partial charge in [-0.15, -0.1) is 0 Å². The predicted octanol–water partition coefficient (Wildman–Crippen LogP) is 1.30. The van der Waals surface area contributed by atoms with Gasteiger partial charge in [0.15, 0.2) is 0 Å². The van der Waals surface area contributed by atoms with E-state index in [-0.39, 0.29) is 12.4 Å². The first kappa shape index (κ1) is 12.7. The fraction of sp³-hybridized carbons (Fsp3) is 0.308. The van der Waals surface area contributed by atoms with Crippen molar-refractivity contribution in [1.82, 2.24) is 15.1 Å². The van der Waals surface area contributed by atoms with Crippen LogP contribution in [0.25, 0.3) is 0 Å². The SMILES string of the molecule is OCCn1cc(CNCc2cccc(F)c2)cn1. The Kier molecular flexibility index (Phi) is 4.44. The van der Waals surface area contributed by atoms with Crippen LogP contribution in [-0.4, -0.2) is 21.5 Å². The summed E-state index contributed by atoms with van der Waals surface area (Å²) < 4.78 is 14.6. The Bertz CT molecular complexity index is 498. The van der Waals surface area contributed by atoms with Gasteiger partial charge in [-0.05, 0) is 17.7 Å². The molecule has 4 nitrogen and oxygen atoms in total. The second-order valence-electron chi connectivity index (χ2n) is 4.07. The highest BCUT2D eigenvalue weighted by Crippen LogP contribution is 2.04. The molecule has 0 fully saturated rings. The van der Waals surface area contributed by atoms with Gasteiger partial charge in [-0.1, -0.05) is 12.1 Å². The van der Waals surface area contributed by atoms with Gasteiger partial charge in [-0.25, -0.2) is 4.39 Å². The second-order valence-corrected chi connectivity index (χ2v) is 4.07. The van der Waals surface area contributed by atoms with Crippen molar-refractivity contribution in [2.45, 2.75) is 19.6 Å². The van der Waals surface area contributed by atoms with Crippen LogP contribution in [0.2, 0.25) is 0 Å². The first-order valence-electron chi connectivity index (χ1n) is 5.85. The molecule has 0 atom stereocenters. The van der Waals surface area contributed by atoms with Crippen molar-refractivity contribution in [2.75, 3.05) is 6.61 Å². The molecule has 0 radical (unpaired) electrons. The lowest BCUT2D eigenvalue weighted by Gasteiger charge is -2.03. The standard InChI is InChI=1S/C13H16FN3O/c14-13-3-1-2-11(6-13)7-15-8-12-9-16-17(10-12)4-5-18/h1-3,6,9-10,15,18H,4-5,7-8H2. The van der Waals surface area contributed by atoms with Crippen LogP contribution in [0, 0.1) is 5.82 Å². The summed E-state index contributed by atoms with van der Waals surface area (Å²) >= 11 is 0. The van der Waals surface area contributed by atoms with Crippen LogP contribution in [0.1, 0.15) is 11.1 Å². The molecule has 96 valence electrons. The number of rotatable bonds is 6. The Morgan fingerprint density at radius 2 is 2.11 bits per heavy atom. The zero-order chi connectivity index (χ0) is 12.8. The molecule has 0 saturated heterocycles. The summed E-state index contributed by atoms with van der Waals surface area (Å²) in [4.78, 5) is 0. The monoisotopic (exact) mass is 249 g/mol. The van der Waals surface area contributed by atoms with Gasteiger partial charge in [0.25, 0.3) is 0 Å². The maximum Gasteiger partial charge on any atom is 0.123 e. The number of nitrogens with one attached hydrogen (secondary N) is 1. The van der Waals surface area contributed by atoms with E-state index >= 15 is 0 Å². The minimum atomic E-state index is -0.218. The van der Waals surface area contributed by atoms with Crippen LogP contribution >= 0.6 is 0 Å². The van der Waals surface area contributed by atoms with Gasteiger partial charge in [-0.2, -0.15) is 5.10 Å². The van der Waals surface area contributed by atoms with Gasteiger partial charge in [0.2, 0.25) is 0 Å². The highest BCUT2D eigenvalue weighted by Gasteiger charge is 1.99. The summed E-state index contributed by atoms with van der Waals surface area (Å²) in [6, 6.07) is 6.53. The van der Waals surface area contributed by atoms with Crippen LogP contribution in [0.4, 0.5) is 4.39 Å². The molecule has 18 heavy (non-hydrogen) atoms. The maximum atomic E-state index is 12.9. The van der Waals surface area contributed by atoms with Gasteiger partial charge in [0, 0.05) is 24.8 Å². The number of hydrogen-bond acceptors (Lipinski definition) is 3. The Morgan fingerprint density at radius 1 is 1.28 bits per heavy atom. The molecule has 1 heterocycles. The van der Waals surface area contributed by atoms with Gasteiger partial charge >= 0.3 is 0 Å². The Morgan fingerprint density at radius 3 is 2.89 bits per heavy atom. The molecule has 2 aromatic rings. The Balaban J connectivity index is 1.81. The topological polar surface area (TPSA) is 50.1 Å². The Hall–Kier alpha value is -1.72. The number of nitrogens with zero attached hydrogens (tertiary/aromatic N) is 2. The van der Waals surface area contributed by atoms with Crippen molar-refractivity contribution in [3.05, 3.63) is 53.6 Å². The lowest BCUT2D eigenvalue weighted by molar-refractivity contribution is 0.269. The second kappa shape index (κ2) is 6.28. The first-order chi connectivity index (χ1) is 8.78. The number of aliphatic hydroxyl groups is 1. The summed E-state index contributed by atoms with van der Waals surface area (Å²) in [7, 11) is 0. The van der Waals surface area contributed by atoms with Crippen molar-refractivity contribution in [3.8, 4) is 0 Å². The van der Waals surface area contributed by atoms with E-state index in [1.807, 2.05) is 12.3 Å². The third-order valence-electron chi connectivity index (χ3n) is 2.56. The largest absolute Gasteiger partial charge is 0.394 e. The van der Waals surface area contributed by atoms with Crippen molar-refractivity contribution >= 4 is 0 Å². The minimum absolute atomic E-state index is 0.0812. The molecule has 2 rings (SSSR count). The lowest BCUT2D eigenvalue weighted by Crippen LogP contribution is -2.12. The van der Waals surface area contributed by atoms with E-state index in [0.29, 0.717) is 19.6 Å². The molecule has 0 amide bonds. The van der Waals surface area contributed by atoms with Gasteiger partial charge in [0.05, 0.1) is 19.3 Å². The summed E-state index contributed by atoms with van der Waals surface area (Å²) in [5.41, 5.74) is 1.96. The Labute approximate surface area is 105 Å². The van der Waals surface area contributed by atoms with Gasteiger partial charge in [-0.3, -0.25) is 4.68 Å². The average Bonchev–Trinajstić information content (AvgIpc) is 2.78. The van der Waals surface area contributed by atoms with Crippen molar-refractivity contribution in [2.24, 2.45) is 0 Å². The molecule has 0 aliphatic rings.